The van der Waals surface area contributed by atoms with Crippen molar-refractivity contribution in [3.8, 4) is 0 Å². The maximum atomic E-state index is 11.0. The fraction of sp³-hybridized carbons (Fsp3) is 0.200. The van der Waals surface area contributed by atoms with E-state index in [0.717, 1.165) is 11.0 Å². The molecular weight excluding hydrogens is 198 g/mol. The lowest BCUT2D eigenvalue weighted by atomic mass is 10.2. The topological polar surface area (TPSA) is 46.2 Å². The van der Waals surface area contributed by atoms with Gasteiger partial charge in [0.2, 0.25) is 0 Å². The molecule has 0 amide bonds. The van der Waals surface area contributed by atoms with Gasteiger partial charge in [-0.05, 0) is 17.7 Å². The van der Waals surface area contributed by atoms with Crippen molar-refractivity contribution in [2.24, 2.45) is 0 Å². The van der Waals surface area contributed by atoms with Crippen molar-refractivity contribution < 1.29 is 9.84 Å². The van der Waals surface area contributed by atoms with Crippen molar-refractivity contribution in [1.82, 2.24) is 0 Å². The van der Waals surface area contributed by atoms with E-state index in [-0.39, 0.29) is 1.43 Å². The van der Waals surface area contributed by atoms with Crippen LogP contribution in [0.3, 0.4) is 0 Å². The largest absolute Gasteiger partial charge is 0.280 e. The minimum Gasteiger partial charge on any atom is -0.280 e. The number of rotatable bonds is 0. The Labute approximate surface area is 86.0 Å². The van der Waals surface area contributed by atoms with Gasteiger partial charge in [0, 0.05) is 1.43 Å². The Balaban J connectivity index is 0.000000617. The fourth-order valence-corrected chi connectivity index (χ4v) is 1.97. The molecule has 0 saturated carbocycles. The molecule has 14 heavy (non-hydrogen) atoms. The number of para-hydroxylation sites is 1. The Morgan fingerprint density at radius 3 is 2.57 bits per heavy atom. The van der Waals surface area contributed by atoms with Crippen LogP contribution in [0.4, 0.5) is 5.69 Å². The van der Waals surface area contributed by atoms with Crippen molar-refractivity contribution in [3.63, 3.8) is 0 Å². The Morgan fingerprint density at radius 2 is 1.86 bits per heavy atom. The molecule has 2 rings (SSSR count). The average molecular weight is 213 g/mol. The molecule has 1 aliphatic heterocycles. The van der Waals surface area contributed by atoms with Gasteiger partial charge in [-0.15, -0.1) is 0 Å². The highest BCUT2D eigenvalue weighted by Gasteiger charge is 2.12. The van der Waals surface area contributed by atoms with Crippen molar-refractivity contribution in [3.05, 3.63) is 35.2 Å². The second kappa shape index (κ2) is 4.28. The lowest BCUT2D eigenvalue weighted by Crippen LogP contribution is -2.12. The normalized spacial score (nSPS) is 15.9. The van der Waals surface area contributed by atoms with Crippen molar-refractivity contribution in [2.45, 2.75) is 13.8 Å². The van der Waals surface area contributed by atoms with Gasteiger partial charge in [0.25, 0.3) is 10.0 Å². The van der Waals surface area contributed by atoms with Crippen LogP contribution in [0.5, 0.6) is 0 Å². The van der Waals surface area contributed by atoms with Gasteiger partial charge in [-0.1, -0.05) is 32.0 Å². The number of anilines is 1. The number of nitrogens with one attached hydrogen (secondary N) is 1. The number of hydrogen-bond acceptors (Lipinski definition) is 2. The summed E-state index contributed by atoms with van der Waals surface area (Å²) in [7, 11) is -3.23. The zero-order valence-electron chi connectivity index (χ0n) is 8.19. The summed E-state index contributed by atoms with van der Waals surface area (Å²) < 4.78 is 24.5. The van der Waals surface area contributed by atoms with Gasteiger partial charge in [-0.25, -0.2) is 8.42 Å². The lowest BCUT2D eigenvalue weighted by Gasteiger charge is -2.11. The summed E-state index contributed by atoms with van der Waals surface area (Å²) in [6.45, 7) is 4.00. The Bertz CT molecular complexity index is 440. The van der Waals surface area contributed by atoms with Crippen molar-refractivity contribution in [2.75, 3.05) is 4.72 Å². The number of fused-ring (bicyclic) bond motifs is 1. The number of sulfonamides is 1. The average Bonchev–Trinajstić information content (AvgIpc) is 2.19. The number of benzene rings is 1. The standard InChI is InChI=1S/C8H7NO2S.C2H6.H2/c10-12(11)6-5-7-3-1-2-4-8(7)9-12;1-2;/h1-6,9H;1-2H3;1H. The molecule has 0 fully saturated rings. The van der Waals surface area contributed by atoms with Gasteiger partial charge in [0.1, 0.15) is 0 Å². The first-order chi connectivity index (χ1) is 6.67. The molecule has 0 aliphatic carbocycles. The first kappa shape index (κ1) is 10.8. The molecule has 78 valence electrons. The maximum absolute atomic E-state index is 11.0. The van der Waals surface area contributed by atoms with E-state index in [2.05, 4.69) is 4.72 Å². The third-order valence-electron chi connectivity index (χ3n) is 1.64. The summed E-state index contributed by atoms with van der Waals surface area (Å²) in [5.74, 6) is 0. The summed E-state index contributed by atoms with van der Waals surface area (Å²) in [6, 6.07) is 7.24. The third-order valence-corrected chi connectivity index (χ3v) is 2.64. The van der Waals surface area contributed by atoms with E-state index in [1.54, 1.807) is 18.2 Å². The predicted molar refractivity (Wildman–Crippen MR) is 61.5 cm³/mol. The predicted octanol–water partition coefficient (Wildman–Crippen LogP) is 2.68. The molecule has 1 aliphatic rings. The lowest BCUT2D eigenvalue weighted by molar-refractivity contribution is 0.609. The van der Waals surface area contributed by atoms with Gasteiger partial charge in [-0.3, -0.25) is 4.72 Å². The zero-order valence-corrected chi connectivity index (χ0v) is 9.01. The van der Waals surface area contributed by atoms with Crippen LogP contribution in [0.15, 0.2) is 29.7 Å². The SMILES string of the molecule is CC.O=S1(=O)C=Cc2ccccc2N1.[HH]. The van der Waals surface area contributed by atoms with Crippen LogP contribution in [0.2, 0.25) is 0 Å². The van der Waals surface area contributed by atoms with Gasteiger partial charge in [-0.2, -0.15) is 0 Å². The first-order valence-electron chi connectivity index (χ1n) is 4.47. The van der Waals surface area contributed by atoms with Crippen LogP contribution >= 0.6 is 0 Å². The maximum Gasteiger partial charge on any atom is 0.255 e. The molecule has 0 unspecified atom stereocenters. The molecule has 3 nitrogen and oxygen atoms in total. The molecule has 0 atom stereocenters. The molecule has 0 bridgehead atoms. The summed E-state index contributed by atoms with van der Waals surface area (Å²) in [4.78, 5) is 0. The Hall–Kier alpha value is -1.29. The van der Waals surface area contributed by atoms with E-state index in [1.165, 1.54) is 0 Å². The zero-order chi connectivity index (χ0) is 10.6. The van der Waals surface area contributed by atoms with Crippen LogP contribution in [0.1, 0.15) is 20.8 Å². The molecular formula is C10H15NO2S. The van der Waals surface area contributed by atoms with Gasteiger partial charge in [0.05, 0.1) is 11.1 Å². The minimum atomic E-state index is -3.23. The summed E-state index contributed by atoms with van der Waals surface area (Å²) >= 11 is 0. The Kier molecular flexibility index (Phi) is 3.30. The second-order valence-corrected chi connectivity index (χ2v) is 4.10. The minimum absolute atomic E-state index is 0. The molecule has 0 saturated heterocycles. The Morgan fingerprint density at radius 1 is 1.21 bits per heavy atom. The second-order valence-electron chi connectivity index (χ2n) is 2.54. The highest BCUT2D eigenvalue weighted by Crippen LogP contribution is 2.22. The van der Waals surface area contributed by atoms with E-state index < -0.39 is 10.0 Å². The summed E-state index contributed by atoms with van der Waals surface area (Å²) in [5, 5.41) is 1.16. The number of hydrogen-bond donors (Lipinski definition) is 1. The monoisotopic (exact) mass is 213 g/mol. The molecule has 0 spiro atoms. The van der Waals surface area contributed by atoms with Gasteiger partial charge in [0.15, 0.2) is 0 Å². The van der Waals surface area contributed by atoms with E-state index in [0.29, 0.717) is 5.69 Å². The van der Waals surface area contributed by atoms with Crippen LogP contribution in [0, 0.1) is 0 Å². The molecule has 4 heteroatoms. The molecule has 1 aromatic carbocycles. The van der Waals surface area contributed by atoms with E-state index in [9.17, 15) is 8.42 Å². The molecule has 1 aromatic rings. The van der Waals surface area contributed by atoms with Gasteiger partial charge >= 0.3 is 0 Å². The van der Waals surface area contributed by atoms with E-state index in [1.807, 2.05) is 26.0 Å². The van der Waals surface area contributed by atoms with E-state index in [4.69, 9.17) is 0 Å². The van der Waals surface area contributed by atoms with Crippen LogP contribution in [-0.2, 0) is 10.0 Å². The first-order valence-corrected chi connectivity index (χ1v) is 6.02. The highest BCUT2D eigenvalue weighted by atomic mass is 32.2. The third kappa shape index (κ3) is 2.35. The molecule has 1 heterocycles. The van der Waals surface area contributed by atoms with Gasteiger partial charge < -0.3 is 0 Å². The fourth-order valence-electron chi connectivity index (χ4n) is 1.09. The van der Waals surface area contributed by atoms with Crippen molar-refractivity contribution in [1.29, 1.82) is 0 Å². The van der Waals surface area contributed by atoms with Crippen LogP contribution in [-0.4, -0.2) is 8.42 Å². The molecule has 1 N–H and O–H groups in total. The highest BCUT2D eigenvalue weighted by molar-refractivity contribution is 7.95. The summed E-state index contributed by atoms with van der Waals surface area (Å²) in [6.07, 6.45) is 1.58. The molecule has 0 radical (unpaired) electrons. The molecule has 0 aromatic heterocycles. The smallest absolute Gasteiger partial charge is 0.255 e. The van der Waals surface area contributed by atoms with E-state index >= 15 is 0 Å². The van der Waals surface area contributed by atoms with Crippen LogP contribution < -0.4 is 4.72 Å². The van der Waals surface area contributed by atoms with Crippen LogP contribution in [0.25, 0.3) is 6.08 Å². The summed E-state index contributed by atoms with van der Waals surface area (Å²) in [5.41, 5.74) is 1.53. The van der Waals surface area contributed by atoms with Crippen molar-refractivity contribution >= 4 is 21.8 Å². The quantitative estimate of drug-likeness (QED) is 0.720.